The van der Waals surface area contributed by atoms with Crippen LogP contribution in [0.15, 0.2) is 6.20 Å². The third-order valence-electron chi connectivity index (χ3n) is 4.43. The van der Waals surface area contributed by atoms with Crippen molar-refractivity contribution in [1.29, 1.82) is 0 Å². The first-order chi connectivity index (χ1) is 9.50. The number of hydrogen-bond donors (Lipinski definition) is 1. The molecule has 4 nitrogen and oxygen atoms in total. The molecule has 0 aromatic carbocycles. The van der Waals surface area contributed by atoms with Crippen LogP contribution in [0.5, 0.6) is 0 Å². The summed E-state index contributed by atoms with van der Waals surface area (Å²) in [7, 11) is 0. The van der Waals surface area contributed by atoms with Gasteiger partial charge in [0.15, 0.2) is 0 Å². The highest BCUT2D eigenvalue weighted by atomic mass is 15.4. The Morgan fingerprint density at radius 3 is 2.55 bits per heavy atom. The highest BCUT2D eigenvalue weighted by molar-refractivity contribution is 4.95. The summed E-state index contributed by atoms with van der Waals surface area (Å²) in [6, 6.07) is 0.634. The third kappa shape index (κ3) is 4.05. The highest BCUT2D eigenvalue weighted by Crippen LogP contribution is 2.27. The van der Waals surface area contributed by atoms with E-state index in [1.54, 1.807) is 0 Å². The van der Waals surface area contributed by atoms with Crippen LogP contribution in [0.4, 0.5) is 0 Å². The molecule has 2 rings (SSSR count). The molecule has 1 aromatic heterocycles. The molecule has 20 heavy (non-hydrogen) atoms. The molecule has 0 amide bonds. The number of hydrogen-bond acceptors (Lipinski definition) is 3. The number of rotatable bonds is 5. The van der Waals surface area contributed by atoms with Crippen LogP contribution in [-0.4, -0.2) is 21.0 Å². The maximum atomic E-state index is 4.28. The van der Waals surface area contributed by atoms with Crippen molar-refractivity contribution in [3.05, 3.63) is 11.9 Å². The highest BCUT2D eigenvalue weighted by Gasteiger charge is 2.22. The van der Waals surface area contributed by atoms with E-state index >= 15 is 0 Å². The van der Waals surface area contributed by atoms with Gasteiger partial charge in [-0.15, -0.1) is 5.10 Å². The van der Waals surface area contributed by atoms with E-state index in [9.17, 15) is 0 Å². The summed E-state index contributed by atoms with van der Waals surface area (Å²) >= 11 is 0. The summed E-state index contributed by atoms with van der Waals surface area (Å²) in [4.78, 5) is 0. The van der Waals surface area contributed by atoms with E-state index in [0.29, 0.717) is 6.04 Å². The lowest BCUT2D eigenvalue weighted by Crippen LogP contribution is -2.36. The molecule has 1 saturated carbocycles. The smallest absolute Gasteiger partial charge is 0.0965 e. The van der Waals surface area contributed by atoms with E-state index in [1.165, 1.54) is 38.5 Å². The van der Waals surface area contributed by atoms with Crippen molar-refractivity contribution in [3.63, 3.8) is 0 Å². The van der Waals surface area contributed by atoms with Gasteiger partial charge in [0.1, 0.15) is 0 Å². The normalized spacial score (nSPS) is 19.2. The minimum absolute atomic E-state index is 0.0127. The van der Waals surface area contributed by atoms with Gasteiger partial charge in [-0.3, -0.25) is 0 Å². The van der Waals surface area contributed by atoms with Gasteiger partial charge < -0.3 is 5.32 Å². The largest absolute Gasteiger partial charge is 0.308 e. The maximum absolute atomic E-state index is 4.28. The summed E-state index contributed by atoms with van der Waals surface area (Å²) < 4.78 is 1.95. The first-order valence-corrected chi connectivity index (χ1v) is 8.16. The third-order valence-corrected chi connectivity index (χ3v) is 4.43. The lowest BCUT2D eigenvalue weighted by Gasteiger charge is -2.30. The number of nitrogens with zero attached hydrogens (tertiary/aromatic N) is 3. The van der Waals surface area contributed by atoms with Gasteiger partial charge in [-0.2, -0.15) is 0 Å². The van der Waals surface area contributed by atoms with Gasteiger partial charge in [0.2, 0.25) is 0 Å². The van der Waals surface area contributed by atoms with Crippen LogP contribution in [-0.2, 0) is 12.1 Å². The van der Waals surface area contributed by atoms with Crippen LogP contribution in [0.25, 0.3) is 0 Å². The molecule has 114 valence electrons. The Morgan fingerprint density at radius 2 is 2.00 bits per heavy atom. The molecule has 1 fully saturated rings. The van der Waals surface area contributed by atoms with Gasteiger partial charge in [-0.1, -0.05) is 31.4 Å². The van der Waals surface area contributed by atoms with E-state index < -0.39 is 0 Å². The Morgan fingerprint density at radius 1 is 1.30 bits per heavy atom. The van der Waals surface area contributed by atoms with Crippen molar-refractivity contribution in [3.8, 4) is 0 Å². The van der Waals surface area contributed by atoms with Gasteiger partial charge in [0.25, 0.3) is 0 Å². The topological polar surface area (TPSA) is 42.7 Å². The molecule has 1 atom stereocenters. The molecule has 0 spiro atoms. The molecule has 1 unspecified atom stereocenters. The first kappa shape index (κ1) is 15.5. The molecule has 1 aliphatic rings. The standard InChI is InChI=1S/C16H30N4/c1-5-15(13-9-7-6-8-10-13)17-11-14-12-20(19-18-14)16(2,3)4/h12-13,15,17H,5-11H2,1-4H3. The average Bonchev–Trinajstić information content (AvgIpc) is 2.89. The van der Waals surface area contributed by atoms with Gasteiger partial charge in [0, 0.05) is 12.6 Å². The van der Waals surface area contributed by atoms with E-state index in [2.05, 4.69) is 49.5 Å². The molecule has 1 aliphatic carbocycles. The van der Waals surface area contributed by atoms with Gasteiger partial charge >= 0.3 is 0 Å². The van der Waals surface area contributed by atoms with Gasteiger partial charge in [-0.25, -0.2) is 4.68 Å². The zero-order valence-corrected chi connectivity index (χ0v) is 13.5. The Bertz CT molecular complexity index is 399. The molecule has 4 heteroatoms. The first-order valence-electron chi connectivity index (χ1n) is 8.16. The van der Waals surface area contributed by atoms with Gasteiger partial charge in [-0.05, 0) is 46.0 Å². The van der Waals surface area contributed by atoms with Crippen LogP contribution in [0.2, 0.25) is 0 Å². The molecule has 0 radical (unpaired) electrons. The fourth-order valence-corrected chi connectivity index (χ4v) is 3.12. The van der Waals surface area contributed by atoms with Gasteiger partial charge in [0.05, 0.1) is 17.4 Å². The molecule has 1 heterocycles. The van der Waals surface area contributed by atoms with E-state index in [4.69, 9.17) is 0 Å². The Hall–Kier alpha value is -0.900. The molecule has 0 bridgehead atoms. The molecule has 1 N–H and O–H groups in total. The Labute approximate surface area is 123 Å². The van der Waals surface area contributed by atoms with Crippen LogP contribution < -0.4 is 5.32 Å². The molecular weight excluding hydrogens is 248 g/mol. The monoisotopic (exact) mass is 278 g/mol. The number of aromatic nitrogens is 3. The summed E-state index contributed by atoms with van der Waals surface area (Å²) in [5.41, 5.74) is 1.06. The quantitative estimate of drug-likeness (QED) is 0.896. The second-order valence-corrected chi connectivity index (χ2v) is 7.12. The zero-order chi connectivity index (χ0) is 14.6. The Balaban J connectivity index is 1.88. The van der Waals surface area contributed by atoms with Crippen molar-refractivity contribution in [1.82, 2.24) is 20.3 Å². The predicted molar refractivity (Wildman–Crippen MR) is 82.5 cm³/mol. The Kier molecular flexibility index (Phi) is 5.19. The second-order valence-electron chi connectivity index (χ2n) is 7.12. The summed E-state index contributed by atoms with van der Waals surface area (Å²) in [6.07, 6.45) is 10.3. The van der Waals surface area contributed by atoms with Crippen LogP contribution in [0.3, 0.4) is 0 Å². The van der Waals surface area contributed by atoms with Crippen molar-refractivity contribution >= 4 is 0 Å². The van der Waals surface area contributed by atoms with Crippen molar-refractivity contribution in [2.75, 3.05) is 0 Å². The molecule has 0 aliphatic heterocycles. The predicted octanol–water partition coefficient (Wildman–Crippen LogP) is 3.48. The van der Waals surface area contributed by atoms with Crippen LogP contribution in [0.1, 0.15) is 71.9 Å². The average molecular weight is 278 g/mol. The summed E-state index contributed by atoms with van der Waals surface area (Å²) in [6.45, 7) is 9.57. The van der Waals surface area contributed by atoms with Crippen molar-refractivity contribution in [2.24, 2.45) is 5.92 Å². The second kappa shape index (κ2) is 6.70. The van der Waals surface area contributed by atoms with E-state index in [-0.39, 0.29) is 5.54 Å². The molecule has 0 saturated heterocycles. The van der Waals surface area contributed by atoms with Crippen molar-refractivity contribution in [2.45, 2.75) is 84.3 Å². The summed E-state index contributed by atoms with van der Waals surface area (Å²) in [5.74, 6) is 0.853. The van der Waals surface area contributed by atoms with Crippen LogP contribution in [0, 0.1) is 5.92 Å². The maximum Gasteiger partial charge on any atom is 0.0965 e. The fraction of sp³-hybridized carbons (Fsp3) is 0.875. The zero-order valence-electron chi connectivity index (χ0n) is 13.5. The minimum Gasteiger partial charge on any atom is -0.308 e. The van der Waals surface area contributed by atoms with Crippen LogP contribution >= 0.6 is 0 Å². The van der Waals surface area contributed by atoms with E-state index in [1.807, 2.05) is 4.68 Å². The minimum atomic E-state index is 0.0127. The fourth-order valence-electron chi connectivity index (χ4n) is 3.12. The summed E-state index contributed by atoms with van der Waals surface area (Å²) in [5, 5.41) is 12.2. The lowest BCUT2D eigenvalue weighted by atomic mass is 9.83. The molecule has 1 aromatic rings. The van der Waals surface area contributed by atoms with E-state index in [0.717, 1.165) is 18.2 Å². The van der Waals surface area contributed by atoms with Crippen molar-refractivity contribution < 1.29 is 0 Å². The lowest BCUT2D eigenvalue weighted by molar-refractivity contribution is 0.261. The molecular formula is C16H30N4. The SMILES string of the molecule is CCC(NCc1cn(C(C)(C)C)nn1)C1CCCCC1. The number of nitrogens with one attached hydrogen (secondary N) is 1.